The van der Waals surface area contributed by atoms with E-state index in [-0.39, 0.29) is 37.3 Å². The molecule has 2 aromatic carbocycles. The summed E-state index contributed by atoms with van der Waals surface area (Å²) in [6.45, 7) is 4.18. The molecule has 186 valence electrons. The predicted octanol–water partition coefficient (Wildman–Crippen LogP) is 4.70. The Morgan fingerprint density at radius 3 is 2.11 bits per heavy atom. The minimum Gasteiger partial charge on any atom is -0.481 e. The molecule has 4 rings (SSSR count). The number of benzene rings is 2. The summed E-state index contributed by atoms with van der Waals surface area (Å²) in [7, 11) is 0. The average Bonchev–Trinajstić information content (AvgIpc) is 3.44. The summed E-state index contributed by atoms with van der Waals surface area (Å²) < 4.78 is 5.64. The highest BCUT2D eigenvalue weighted by atomic mass is 16.5. The number of nitrogens with one attached hydrogen (secondary N) is 2. The highest BCUT2D eigenvalue weighted by Crippen LogP contribution is 2.44. The molecule has 0 saturated heterocycles. The van der Waals surface area contributed by atoms with Gasteiger partial charge in [-0.25, -0.2) is 4.79 Å². The van der Waals surface area contributed by atoms with Crippen LogP contribution < -0.4 is 10.6 Å². The molecule has 2 aliphatic rings. The van der Waals surface area contributed by atoms with E-state index in [1.54, 1.807) is 0 Å². The fourth-order valence-corrected chi connectivity index (χ4v) is 5.39. The minimum atomic E-state index is -0.943. The first-order valence-corrected chi connectivity index (χ1v) is 12.4. The van der Waals surface area contributed by atoms with Gasteiger partial charge < -0.3 is 20.5 Å². The molecule has 2 amide bonds. The fourth-order valence-electron chi connectivity index (χ4n) is 5.39. The molecular weight excluding hydrogens is 444 g/mol. The molecule has 0 spiro atoms. The Hall–Kier alpha value is -3.35. The molecule has 35 heavy (non-hydrogen) atoms. The molecule has 0 heterocycles. The van der Waals surface area contributed by atoms with E-state index in [1.807, 2.05) is 38.1 Å². The number of fused-ring (bicyclic) bond motifs is 3. The lowest BCUT2D eigenvalue weighted by atomic mass is 9.84. The van der Waals surface area contributed by atoms with Crippen LogP contribution in [0.15, 0.2) is 48.5 Å². The van der Waals surface area contributed by atoms with Crippen molar-refractivity contribution >= 4 is 18.0 Å². The van der Waals surface area contributed by atoms with Crippen molar-refractivity contribution in [1.82, 2.24) is 10.6 Å². The van der Waals surface area contributed by atoms with Gasteiger partial charge in [0.1, 0.15) is 6.61 Å². The van der Waals surface area contributed by atoms with Crippen molar-refractivity contribution < 1.29 is 24.2 Å². The fraction of sp³-hybridized carbons (Fsp3) is 0.464. The number of aliphatic carboxylic acids is 1. The van der Waals surface area contributed by atoms with Crippen LogP contribution in [0.25, 0.3) is 11.1 Å². The van der Waals surface area contributed by atoms with Crippen LogP contribution in [0.4, 0.5) is 4.79 Å². The van der Waals surface area contributed by atoms with Crippen molar-refractivity contribution in [2.24, 2.45) is 11.3 Å². The van der Waals surface area contributed by atoms with Crippen LogP contribution >= 0.6 is 0 Å². The van der Waals surface area contributed by atoms with Crippen molar-refractivity contribution in [3.63, 3.8) is 0 Å². The predicted molar refractivity (Wildman–Crippen MR) is 133 cm³/mol. The van der Waals surface area contributed by atoms with Gasteiger partial charge in [-0.05, 0) is 41.0 Å². The van der Waals surface area contributed by atoms with Crippen LogP contribution in [-0.4, -0.2) is 42.3 Å². The molecule has 1 saturated carbocycles. The second-order valence-electron chi connectivity index (χ2n) is 10.1. The van der Waals surface area contributed by atoms with Crippen molar-refractivity contribution in [2.45, 2.75) is 57.9 Å². The molecule has 0 aromatic heterocycles. The summed E-state index contributed by atoms with van der Waals surface area (Å²) in [5, 5.41) is 15.0. The van der Waals surface area contributed by atoms with Crippen molar-refractivity contribution in [1.29, 1.82) is 0 Å². The third kappa shape index (κ3) is 5.34. The summed E-state index contributed by atoms with van der Waals surface area (Å²) in [5.74, 6) is -1.17. The Balaban J connectivity index is 1.37. The molecule has 1 atom stereocenters. The Morgan fingerprint density at radius 2 is 1.57 bits per heavy atom. The minimum absolute atomic E-state index is 0.0106. The van der Waals surface area contributed by atoms with Crippen LogP contribution in [0.3, 0.4) is 0 Å². The molecule has 3 N–H and O–H groups in total. The number of rotatable bonds is 9. The number of carbonyl (C=O) groups excluding carboxylic acids is 2. The second-order valence-corrected chi connectivity index (χ2v) is 10.1. The maximum atomic E-state index is 13.2. The quantitative estimate of drug-likeness (QED) is 0.485. The Bertz CT molecular complexity index is 1040. The van der Waals surface area contributed by atoms with E-state index in [1.165, 1.54) is 11.1 Å². The van der Waals surface area contributed by atoms with E-state index in [4.69, 9.17) is 4.74 Å². The van der Waals surface area contributed by atoms with Crippen LogP contribution in [0.1, 0.15) is 63.0 Å². The SMILES string of the molecule is CC(C)[C@H](CC(=O)O)NC(=O)C1(CNC(=O)OCC2c3ccccc3-c3ccccc32)CCCC1. The molecule has 2 aromatic rings. The van der Waals surface area contributed by atoms with E-state index in [2.05, 4.69) is 34.9 Å². The number of hydrogen-bond acceptors (Lipinski definition) is 4. The molecule has 2 aliphatic carbocycles. The zero-order valence-electron chi connectivity index (χ0n) is 20.4. The molecule has 0 unspecified atom stereocenters. The van der Waals surface area contributed by atoms with Gasteiger partial charge in [0.15, 0.2) is 0 Å². The van der Waals surface area contributed by atoms with Gasteiger partial charge in [-0.2, -0.15) is 0 Å². The van der Waals surface area contributed by atoms with E-state index in [0.29, 0.717) is 12.8 Å². The lowest BCUT2D eigenvalue weighted by Crippen LogP contribution is -2.51. The maximum Gasteiger partial charge on any atom is 0.407 e. The van der Waals surface area contributed by atoms with Gasteiger partial charge in [-0.15, -0.1) is 0 Å². The molecule has 7 nitrogen and oxygen atoms in total. The highest BCUT2D eigenvalue weighted by Gasteiger charge is 2.42. The van der Waals surface area contributed by atoms with Crippen molar-refractivity contribution in [2.75, 3.05) is 13.2 Å². The van der Waals surface area contributed by atoms with Crippen molar-refractivity contribution in [3.05, 3.63) is 59.7 Å². The topological polar surface area (TPSA) is 105 Å². The first-order chi connectivity index (χ1) is 16.8. The van der Waals surface area contributed by atoms with Gasteiger partial charge in [0, 0.05) is 18.5 Å². The van der Waals surface area contributed by atoms with Gasteiger partial charge in [0.05, 0.1) is 11.8 Å². The maximum absolute atomic E-state index is 13.2. The summed E-state index contributed by atoms with van der Waals surface area (Å²) in [5.41, 5.74) is 3.88. The van der Waals surface area contributed by atoms with E-state index >= 15 is 0 Å². The molecule has 7 heteroatoms. The van der Waals surface area contributed by atoms with Crippen LogP contribution in [0.2, 0.25) is 0 Å². The zero-order chi connectivity index (χ0) is 25.0. The Kier molecular flexibility index (Phi) is 7.43. The van der Waals surface area contributed by atoms with Crippen molar-refractivity contribution in [3.8, 4) is 11.1 Å². The molecule has 0 radical (unpaired) electrons. The highest BCUT2D eigenvalue weighted by molar-refractivity contribution is 5.85. The summed E-state index contributed by atoms with van der Waals surface area (Å²) in [6, 6.07) is 15.9. The largest absolute Gasteiger partial charge is 0.481 e. The van der Waals surface area contributed by atoms with E-state index in [0.717, 1.165) is 24.0 Å². The normalized spacial score (nSPS) is 16.9. The van der Waals surface area contributed by atoms with Gasteiger partial charge in [0.2, 0.25) is 5.91 Å². The van der Waals surface area contributed by atoms with Gasteiger partial charge in [-0.3, -0.25) is 9.59 Å². The van der Waals surface area contributed by atoms with Crippen LogP contribution in [-0.2, 0) is 14.3 Å². The first-order valence-electron chi connectivity index (χ1n) is 12.4. The Morgan fingerprint density at radius 1 is 1.00 bits per heavy atom. The van der Waals surface area contributed by atoms with Crippen LogP contribution in [0, 0.1) is 11.3 Å². The first kappa shape index (κ1) is 24.8. The third-order valence-corrected chi connectivity index (χ3v) is 7.47. The summed E-state index contributed by atoms with van der Waals surface area (Å²) in [6.07, 6.45) is 2.42. The smallest absolute Gasteiger partial charge is 0.407 e. The molecule has 0 bridgehead atoms. The molecular formula is C28H34N2O5. The number of carbonyl (C=O) groups is 3. The average molecular weight is 479 g/mol. The molecule has 1 fully saturated rings. The number of carboxylic acid groups (broad SMARTS) is 1. The zero-order valence-corrected chi connectivity index (χ0v) is 20.4. The van der Waals surface area contributed by atoms with Gasteiger partial charge >= 0.3 is 12.1 Å². The number of amides is 2. The number of carboxylic acids is 1. The second kappa shape index (κ2) is 10.5. The third-order valence-electron chi connectivity index (χ3n) is 7.47. The van der Waals surface area contributed by atoms with Gasteiger partial charge in [-0.1, -0.05) is 75.2 Å². The number of hydrogen-bond donors (Lipinski definition) is 3. The lowest BCUT2D eigenvalue weighted by molar-refractivity contribution is -0.138. The number of ether oxygens (including phenoxy) is 1. The monoisotopic (exact) mass is 478 g/mol. The van der Waals surface area contributed by atoms with E-state index in [9.17, 15) is 19.5 Å². The number of alkyl carbamates (subject to hydrolysis) is 1. The standard InChI is InChI=1S/C28H34N2O5/c1-18(2)24(15-25(31)32)30-26(33)28(13-7-8-14-28)17-29-27(34)35-16-23-21-11-5-3-9-19(21)20-10-4-6-12-22(20)23/h3-6,9-12,18,23-24H,7-8,13-17H2,1-2H3,(H,29,34)(H,30,33)(H,31,32)/t24-/m0/s1. The van der Waals surface area contributed by atoms with Crippen LogP contribution in [0.5, 0.6) is 0 Å². The lowest BCUT2D eigenvalue weighted by Gasteiger charge is -2.31. The summed E-state index contributed by atoms with van der Waals surface area (Å²) in [4.78, 5) is 37.1. The van der Waals surface area contributed by atoms with E-state index < -0.39 is 23.5 Å². The molecule has 0 aliphatic heterocycles. The Labute approximate surface area is 206 Å². The summed E-state index contributed by atoms with van der Waals surface area (Å²) >= 11 is 0. The van der Waals surface area contributed by atoms with Gasteiger partial charge in [0.25, 0.3) is 0 Å².